The molecule has 16 heteroatoms. The van der Waals surface area contributed by atoms with E-state index in [1.807, 2.05) is 31.2 Å². The number of allylic oxidation sites excluding steroid dienone is 1. The first-order valence-electron chi connectivity index (χ1n) is 13.9. The molecule has 12 nitrogen and oxygen atoms in total. The van der Waals surface area contributed by atoms with Gasteiger partial charge in [0.1, 0.15) is 5.82 Å². The van der Waals surface area contributed by atoms with Crippen LogP contribution in [0.15, 0.2) is 81.6 Å². The molecule has 6 rings (SSSR count). The van der Waals surface area contributed by atoms with Gasteiger partial charge in [-0.3, -0.25) is 19.0 Å². The number of hydrogen-bond donors (Lipinski definition) is 1. The summed E-state index contributed by atoms with van der Waals surface area (Å²) in [6.07, 6.45) is 5.72. The summed E-state index contributed by atoms with van der Waals surface area (Å²) in [5, 5.41) is 12.6. The van der Waals surface area contributed by atoms with Gasteiger partial charge in [0.15, 0.2) is 11.6 Å². The van der Waals surface area contributed by atoms with E-state index in [0.29, 0.717) is 27.6 Å². The molecule has 0 saturated heterocycles. The minimum atomic E-state index is -1.42. The van der Waals surface area contributed by atoms with Crippen molar-refractivity contribution in [1.82, 2.24) is 38.9 Å². The second kappa shape index (κ2) is 12.5. The second-order valence-corrected chi connectivity index (χ2v) is 11.0. The van der Waals surface area contributed by atoms with Crippen molar-refractivity contribution in [2.75, 3.05) is 0 Å². The Morgan fingerprint density at radius 3 is 2.51 bits per heavy atom. The first kappa shape index (κ1) is 31.2. The molecule has 0 bridgehead atoms. The van der Waals surface area contributed by atoms with Gasteiger partial charge in [0.2, 0.25) is 5.62 Å². The van der Waals surface area contributed by atoms with Gasteiger partial charge in [-0.25, -0.2) is 32.3 Å². The molecule has 238 valence electrons. The van der Waals surface area contributed by atoms with Crippen LogP contribution in [0.2, 0.25) is 5.02 Å². The molecular formula is C31H23ClF3N9O3. The lowest BCUT2D eigenvalue weighted by Gasteiger charge is -2.12. The second-order valence-electron chi connectivity index (χ2n) is 10.6. The van der Waals surface area contributed by atoms with Gasteiger partial charge in [0.05, 0.1) is 41.2 Å². The highest BCUT2D eigenvalue weighted by Crippen LogP contribution is 2.29. The molecule has 1 N–H and O–H groups in total. The number of nitrogens with one attached hydrogen (secondary N) is 1. The SMILES string of the molecule is Cc1ccc(/C=C/C(=O)n2nncc2Cn2c(=O)[nH]/c(=N\c3cc4cn(C)nc4cc3Cl)n(Cc3cc(F)c(F)cc3F)c2=O)cc1. The van der Waals surface area contributed by atoms with Gasteiger partial charge >= 0.3 is 11.4 Å². The summed E-state index contributed by atoms with van der Waals surface area (Å²) >= 11 is 6.43. The van der Waals surface area contributed by atoms with Crippen LogP contribution in [0.3, 0.4) is 0 Å². The Hall–Kier alpha value is -5.83. The van der Waals surface area contributed by atoms with Crippen LogP contribution in [-0.2, 0) is 20.1 Å². The lowest BCUT2D eigenvalue weighted by atomic mass is 10.1. The summed E-state index contributed by atoms with van der Waals surface area (Å²) in [5.41, 5.74) is -0.188. The standard InChI is InChI=1S/C31H23ClF3N9O3/c1-17-3-5-18(6-4-17)7-8-28(45)44-21(13-36-40-44)16-43-30(46)38-29(37-27-10-20-14-41(2)39-26(20)11-22(27)32)42(31(43)47)15-19-9-24(34)25(35)12-23(19)33/h3-14H,15-16H2,1-2H3,(H,37,38,46)/b8-7+. The lowest BCUT2D eigenvalue weighted by molar-refractivity contribution is 0.0949. The summed E-state index contributed by atoms with van der Waals surface area (Å²) in [5.74, 6) is -4.50. The van der Waals surface area contributed by atoms with E-state index in [4.69, 9.17) is 11.6 Å². The van der Waals surface area contributed by atoms with Crippen LogP contribution in [-0.4, -0.2) is 44.8 Å². The lowest BCUT2D eigenvalue weighted by Crippen LogP contribution is -2.50. The smallest absolute Gasteiger partial charge is 0.277 e. The fourth-order valence-corrected chi connectivity index (χ4v) is 4.96. The zero-order valence-corrected chi connectivity index (χ0v) is 25.4. The van der Waals surface area contributed by atoms with E-state index in [0.717, 1.165) is 20.4 Å². The fraction of sp³-hybridized carbons (Fsp3) is 0.129. The number of rotatable bonds is 7. The Morgan fingerprint density at radius 2 is 1.74 bits per heavy atom. The van der Waals surface area contributed by atoms with Gasteiger partial charge in [-0.05, 0) is 36.8 Å². The highest BCUT2D eigenvalue weighted by Gasteiger charge is 2.18. The largest absolute Gasteiger partial charge is 0.335 e. The Bertz CT molecular complexity index is 2400. The van der Waals surface area contributed by atoms with Crippen molar-refractivity contribution in [1.29, 1.82) is 0 Å². The van der Waals surface area contributed by atoms with Crippen LogP contribution in [0.5, 0.6) is 0 Å². The third kappa shape index (κ3) is 6.46. The molecule has 0 aliphatic rings. The Kier molecular flexibility index (Phi) is 8.30. The zero-order valence-electron chi connectivity index (χ0n) is 24.7. The van der Waals surface area contributed by atoms with Gasteiger partial charge in [0, 0.05) is 36.3 Å². The van der Waals surface area contributed by atoms with Crippen LogP contribution in [0, 0.1) is 24.4 Å². The number of aromatic nitrogens is 8. The van der Waals surface area contributed by atoms with Crippen LogP contribution < -0.4 is 17.0 Å². The van der Waals surface area contributed by atoms with Gasteiger partial charge in [-0.2, -0.15) is 9.78 Å². The monoisotopic (exact) mass is 661 g/mol. The minimum absolute atomic E-state index is 0.0662. The molecule has 0 saturated carbocycles. The number of H-pyrrole nitrogens is 1. The molecule has 3 aromatic heterocycles. The van der Waals surface area contributed by atoms with Crippen LogP contribution in [0.1, 0.15) is 27.2 Å². The molecule has 47 heavy (non-hydrogen) atoms. The fourth-order valence-electron chi connectivity index (χ4n) is 4.76. The molecule has 0 aliphatic heterocycles. The van der Waals surface area contributed by atoms with Gasteiger partial charge in [0.25, 0.3) is 5.91 Å². The van der Waals surface area contributed by atoms with Crippen LogP contribution in [0.25, 0.3) is 17.0 Å². The summed E-state index contributed by atoms with van der Waals surface area (Å²) in [6.45, 7) is 0.771. The third-order valence-corrected chi connectivity index (χ3v) is 7.46. The molecule has 6 aromatic rings. The molecule has 0 atom stereocenters. The average molecular weight is 662 g/mol. The number of aromatic amines is 1. The Balaban J connectivity index is 1.44. The molecular weight excluding hydrogens is 639 g/mol. The number of benzene rings is 3. The van der Waals surface area contributed by atoms with Crippen LogP contribution >= 0.6 is 11.6 Å². The molecule has 3 aromatic carbocycles. The average Bonchev–Trinajstić information content (AvgIpc) is 3.64. The van der Waals surface area contributed by atoms with Crippen molar-refractivity contribution in [2.45, 2.75) is 20.0 Å². The molecule has 0 unspecified atom stereocenters. The third-order valence-electron chi connectivity index (χ3n) is 7.16. The number of carbonyl (C=O) groups excluding carboxylic acids is 1. The number of nitrogens with zero attached hydrogens (tertiary/aromatic N) is 8. The maximum atomic E-state index is 14.8. The van der Waals surface area contributed by atoms with Crippen molar-refractivity contribution in [3.8, 4) is 0 Å². The first-order chi connectivity index (χ1) is 22.5. The van der Waals surface area contributed by atoms with E-state index >= 15 is 0 Å². The summed E-state index contributed by atoms with van der Waals surface area (Å²) in [7, 11) is 1.71. The summed E-state index contributed by atoms with van der Waals surface area (Å²) in [4.78, 5) is 47.0. The predicted octanol–water partition coefficient (Wildman–Crippen LogP) is 3.88. The molecule has 0 fully saturated rings. The van der Waals surface area contributed by atoms with Crippen molar-refractivity contribution in [2.24, 2.45) is 12.0 Å². The Labute approximate surface area is 267 Å². The normalized spacial score (nSPS) is 12.1. The number of hydrogen-bond acceptors (Lipinski definition) is 7. The van der Waals surface area contributed by atoms with E-state index in [1.54, 1.807) is 30.1 Å². The number of halogens is 4. The highest BCUT2D eigenvalue weighted by molar-refractivity contribution is 6.33. The maximum absolute atomic E-state index is 14.8. The van der Waals surface area contributed by atoms with E-state index in [2.05, 4.69) is 25.4 Å². The summed E-state index contributed by atoms with van der Waals surface area (Å²) in [6, 6.07) is 11.5. The maximum Gasteiger partial charge on any atom is 0.335 e. The minimum Gasteiger partial charge on any atom is -0.277 e. The van der Waals surface area contributed by atoms with E-state index in [1.165, 1.54) is 18.3 Å². The van der Waals surface area contributed by atoms with Gasteiger partial charge in [-0.15, -0.1) is 5.10 Å². The topological polar surface area (TPSA) is 138 Å². The predicted molar refractivity (Wildman–Crippen MR) is 166 cm³/mol. The molecule has 0 spiro atoms. The highest BCUT2D eigenvalue weighted by atomic mass is 35.5. The molecule has 3 heterocycles. The van der Waals surface area contributed by atoms with Gasteiger partial charge in [-0.1, -0.05) is 46.6 Å². The summed E-state index contributed by atoms with van der Waals surface area (Å²) < 4.78 is 46.6. The molecule has 0 radical (unpaired) electrons. The Morgan fingerprint density at radius 1 is 1.00 bits per heavy atom. The van der Waals surface area contributed by atoms with Crippen LogP contribution in [0.4, 0.5) is 18.9 Å². The quantitative estimate of drug-likeness (QED) is 0.204. The van der Waals surface area contributed by atoms with Crippen molar-refractivity contribution < 1.29 is 18.0 Å². The van der Waals surface area contributed by atoms with Gasteiger partial charge < -0.3 is 0 Å². The van der Waals surface area contributed by atoms with E-state index < -0.39 is 53.4 Å². The first-order valence-corrected chi connectivity index (χ1v) is 14.3. The van der Waals surface area contributed by atoms with Crippen molar-refractivity contribution in [3.05, 3.63) is 138 Å². The van der Waals surface area contributed by atoms with Crippen molar-refractivity contribution >= 4 is 40.2 Å². The number of fused-ring (bicyclic) bond motifs is 1. The van der Waals surface area contributed by atoms with E-state index in [9.17, 15) is 27.6 Å². The number of carbonyl (C=O) groups is 1. The molecule has 0 aliphatic carbocycles. The number of aryl methyl sites for hydroxylation is 2. The molecule has 0 amide bonds. The van der Waals surface area contributed by atoms with E-state index in [-0.39, 0.29) is 22.0 Å². The zero-order chi connectivity index (χ0) is 33.4. The van der Waals surface area contributed by atoms with Crippen molar-refractivity contribution in [3.63, 3.8) is 0 Å².